The second-order valence-electron chi connectivity index (χ2n) is 4.76. The van der Waals surface area contributed by atoms with E-state index < -0.39 is 0 Å². The van der Waals surface area contributed by atoms with Crippen LogP contribution in [0.1, 0.15) is 25.3 Å². The first-order valence-electron chi connectivity index (χ1n) is 6.43. The van der Waals surface area contributed by atoms with Gasteiger partial charge in [0.25, 0.3) is 0 Å². The number of nitrogens with one attached hydrogen (secondary N) is 1. The predicted octanol–water partition coefficient (Wildman–Crippen LogP) is 1.93. The van der Waals surface area contributed by atoms with Crippen molar-refractivity contribution in [2.45, 2.75) is 32.4 Å². The molecule has 98 valence electrons. The van der Waals surface area contributed by atoms with Crippen LogP contribution >= 0.6 is 0 Å². The van der Waals surface area contributed by atoms with E-state index >= 15 is 0 Å². The van der Waals surface area contributed by atoms with Crippen molar-refractivity contribution in [3.63, 3.8) is 0 Å². The average molecular weight is 250 g/mol. The molecule has 0 saturated carbocycles. The molecule has 1 atom stereocenters. The molecule has 1 unspecified atom stereocenters. The van der Waals surface area contributed by atoms with Crippen LogP contribution in [0.3, 0.4) is 0 Å². The molecule has 1 aliphatic rings. The van der Waals surface area contributed by atoms with Gasteiger partial charge in [-0.1, -0.05) is 12.1 Å². The zero-order valence-corrected chi connectivity index (χ0v) is 10.7. The molecule has 1 amide bonds. The van der Waals surface area contributed by atoms with Gasteiger partial charge in [0.1, 0.15) is 5.82 Å². The van der Waals surface area contributed by atoms with Gasteiger partial charge in [-0.3, -0.25) is 4.79 Å². The predicted molar refractivity (Wildman–Crippen MR) is 68.5 cm³/mol. The Morgan fingerprint density at radius 3 is 2.56 bits per heavy atom. The molecule has 0 aromatic heterocycles. The van der Waals surface area contributed by atoms with Gasteiger partial charge in [0.05, 0.1) is 6.04 Å². The Hall–Kier alpha value is -1.42. The van der Waals surface area contributed by atoms with Crippen LogP contribution in [-0.4, -0.2) is 29.9 Å². The summed E-state index contributed by atoms with van der Waals surface area (Å²) in [5.41, 5.74) is 0.984. The van der Waals surface area contributed by atoms with Crippen LogP contribution in [-0.2, 0) is 11.3 Å². The van der Waals surface area contributed by atoms with Crippen LogP contribution in [0.15, 0.2) is 24.3 Å². The van der Waals surface area contributed by atoms with Gasteiger partial charge in [-0.25, -0.2) is 4.39 Å². The fraction of sp³-hybridized carbons (Fsp3) is 0.500. The maximum absolute atomic E-state index is 12.7. The summed E-state index contributed by atoms with van der Waals surface area (Å²) >= 11 is 0. The SMILES string of the molecule is CC(NCc1ccc(F)cc1)C(=O)N1CCCC1. The topological polar surface area (TPSA) is 32.3 Å². The van der Waals surface area contributed by atoms with Gasteiger partial charge in [0.2, 0.25) is 5.91 Å². The van der Waals surface area contributed by atoms with Crippen molar-refractivity contribution in [3.8, 4) is 0 Å². The van der Waals surface area contributed by atoms with Crippen LogP contribution in [0.25, 0.3) is 0 Å². The molecule has 1 aromatic carbocycles. The van der Waals surface area contributed by atoms with Crippen LogP contribution in [0, 0.1) is 5.82 Å². The summed E-state index contributed by atoms with van der Waals surface area (Å²) in [6, 6.07) is 6.15. The third-order valence-corrected chi connectivity index (χ3v) is 3.31. The van der Waals surface area contributed by atoms with Crippen LogP contribution in [0.5, 0.6) is 0 Å². The number of hydrogen-bond acceptors (Lipinski definition) is 2. The lowest BCUT2D eigenvalue weighted by molar-refractivity contribution is -0.131. The minimum atomic E-state index is -0.236. The van der Waals surface area contributed by atoms with Crippen molar-refractivity contribution in [2.24, 2.45) is 0 Å². The molecular formula is C14H19FN2O. The normalized spacial score (nSPS) is 16.9. The minimum Gasteiger partial charge on any atom is -0.341 e. The highest BCUT2D eigenvalue weighted by Crippen LogP contribution is 2.09. The summed E-state index contributed by atoms with van der Waals surface area (Å²) in [5.74, 6) is -0.0745. The Bertz CT molecular complexity index is 399. The molecule has 1 aliphatic heterocycles. The Kier molecular flexibility index (Phi) is 4.31. The standard InChI is InChI=1S/C14H19FN2O/c1-11(14(18)17-8-2-3-9-17)16-10-12-4-6-13(15)7-5-12/h4-7,11,16H,2-3,8-10H2,1H3. The molecule has 0 bridgehead atoms. The molecule has 1 saturated heterocycles. The van der Waals surface area contributed by atoms with E-state index in [2.05, 4.69) is 5.32 Å². The summed E-state index contributed by atoms with van der Waals surface area (Å²) in [5, 5.41) is 3.18. The highest BCUT2D eigenvalue weighted by molar-refractivity contribution is 5.81. The number of carbonyl (C=O) groups is 1. The molecular weight excluding hydrogens is 231 g/mol. The summed E-state index contributed by atoms with van der Waals surface area (Å²) in [6.07, 6.45) is 2.22. The second-order valence-corrected chi connectivity index (χ2v) is 4.76. The van der Waals surface area contributed by atoms with Crippen LogP contribution < -0.4 is 5.32 Å². The number of amides is 1. The van der Waals surface area contributed by atoms with E-state index in [0.717, 1.165) is 31.5 Å². The maximum atomic E-state index is 12.7. The number of hydrogen-bond donors (Lipinski definition) is 1. The highest BCUT2D eigenvalue weighted by Gasteiger charge is 2.22. The lowest BCUT2D eigenvalue weighted by Crippen LogP contribution is -2.43. The van der Waals surface area contributed by atoms with E-state index in [1.165, 1.54) is 12.1 Å². The van der Waals surface area contributed by atoms with Gasteiger partial charge in [-0.05, 0) is 37.5 Å². The van der Waals surface area contributed by atoms with Crippen LogP contribution in [0.2, 0.25) is 0 Å². The van der Waals surface area contributed by atoms with Crippen molar-refractivity contribution in [1.82, 2.24) is 10.2 Å². The molecule has 1 aromatic rings. The molecule has 1 heterocycles. The maximum Gasteiger partial charge on any atom is 0.239 e. The van der Waals surface area contributed by atoms with Crippen molar-refractivity contribution < 1.29 is 9.18 Å². The monoisotopic (exact) mass is 250 g/mol. The largest absolute Gasteiger partial charge is 0.341 e. The molecule has 3 nitrogen and oxygen atoms in total. The molecule has 2 rings (SSSR count). The zero-order valence-electron chi connectivity index (χ0n) is 10.7. The number of halogens is 1. The van der Waals surface area contributed by atoms with Gasteiger partial charge < -0.3 is 10.2 Å². The van der Waals surface area contributed by atoms with Crippen molar-refractivity contribution in [2.75, 3.05) is 13.1 Å². The summed E-state index contributed by atoms with van der Waals surface area (Å²) < 4.78 is 12.7. The van der Waals surface area contributed by atoms with E-state index in [4.69, 9.17) is 0 Å². The van der Waals surface area contributed by atoms with Crippen LogP contribution in [0.4, 0.5) is 4.39 Å². The van der Waals surface area contributed by atoms with Gasteiger partial charge >= 0.3 is 0 Å². The number of likely N-dealkylation sites (tertiary alicyclic amines) is 1. The second kappa shape index (κ2) is 5.96. The van der Waals surface area contributed by atoms with E-state index in [1.807, 2.05) is 11.8 Å². The molecule has 1 fully saturated rings. The summed E-state index contributed by atoms with van der Waals surface area (Å²) in [6.45, 7) is 4.22. The Morgan fingerprint density at radius 2 is 1.94 bits per heavy atom. The molecule has 0 aliphatic carbocycles. The van der Waals surface area contributed by atoms with E-state index in [1.54, 1.807) is 12.1 Å². The number of carbonyl (C=O) groups excluding carboxylic acids is 1. The van der Waals surface area contributed by atoms with E-state index in [0.29, 0.717) is 6.54 Å². The Labute approximate surface area is 107 Å². The van der Waals surface area contributed by atoms with Gasteiger partial charge in [-0.15, -0.1) is 0 Å². The minimum absolute atomic E-state index is 0.162. The van der Waals surface area contributed by atoms with Crippen molar-refractivity contribution in [3.05, 3.63) is 35.6 Å². The molecule has 0 spiro atoms. The third kappa shape index (κ3) is 3.29. The van der Waals surface area contributed by atoms with Crippen molar-refractivity contribution >= 4 is 5.91 Å². The summed E-state index contributed by atoms with van der Waals surface area (Å²) in [7, 11) is 0. The molecule has 4 heteroatoms. The quantitative estimate of drug-likeness (QED) is 0.885. The first kappa shape index (κ1) is 13.0. The van der Waals surface area contributed by atoms with E-state index in [9.17, 15) is 9.18 Å². The third-order valence-electron chi connectivity index (χ3n) is 3.31. The first-order chi connectivity index (χ1) is 8.66. The van der Waals surface area contributed by atoms with Gasteiger partial charge in [0.15, 0.2) is 0 Å². The fourth-order valence-corrected chi connectivity index (χ4v) is 2.17. The highest BCUT2D eigenvalue weighted by atomic mass is 19.1. The average Bonchev–Trinajstić information content (AvgIpc) is 2.90. The Morgan fingerprint density at radius 1 is 1.33 bits per heavy atom. The summed E-state index contributed by atoms with van der Waals surface area (Å²) in [4.78, 5) is 13.9. The number of nitrogens with zero attached hydrogens (tertiary/aromatic N) is 1. The Balaban J connectivity index is 1.82. The lowest BCUT2D eigenvalue weighted by atomic mass is 10.2. The first-order valence-corrected chi connectivity index (χ1v) is 6.43. The zero-order chi connectivity index (χ0) is 13.0. The number of benzene rings is 1. The van der Waals surface area contributed by atoms with E-state index in [-0.39, 0.29) is 17.8 Å². The van der Waals surface area contributed by atoms with Gasteiger partial charge in [0, 0.05) is 19.6 Å². The fourth-order valence-electron chi connectivity index (χ4n) is 2.17. The molecule has 1 N–H and O–H groups in total. The molecule has 0 radical (unpaired) electrons. The lowest BCUT2D eigenvalue weighted by Gasteiger charge is -2.21. The van der Waals surface area contributed by atoms with Crippen molar-refractivity contribution in [1.29, 1.82) is 0 Å². The van der Waals surface area contributed by atoms with Gasteiger partial charge in [-0.2, -0.15) is 0 Å². The molecule has 18 heavy (non-hydrogen) atoms. The smallest absolute Gasteiger partial charge is 0.239 e. The number of rotatable bonds is 4.